The molecule has 0 bridgehead atoms. The molecule has 1 heterocycles. The first-order chi connectivity index (χ1) is 10.1. The zero-order valence-electron chi connectivity index (χ0n) is 12.4. The second kappa shape index (κ2) is 7.66. The van der Waals surface area contributed by atoms with Crippen LogP contribution in [0.3, 0.4) is 0 Å². The molecule has 6 heteroatoms. The van der Waals surface area contributed by atoms with E-state index in [4.69, 9.17) is 5.73 Å². The minimum Gasteiger partial charge on any atom is -0.372 e. The summed E-state index contributed by atoms with van der Waals surface area (Å²) < 4.78 is 26.4. The lowest BCUT2D eigenvalue weighted by Gasteiger charge is -2.28. The number of piperidine rings is 1. The molecule has 118 valence electrons. The summed E-state index contributed by atoms with van der Waals surface area (Å²) in [7, 11) is -3.26. The third kappa shape index (κ3) is 5.21. The Hall–Kier alpha value is -1.27. The van der Waals surface area contributed by atoms with E-state index >= 15 is 0 Å². The Bertz CT molecular complexity index is 522. The molecule has 1 saturated heterocycles. The van der Waals surface area contributed by atoms with Gasteiger partial charge in [0.1, 0.15) is 0 Å². The highest BCUT2D eigenvalue weighted by atomic mass is 32.2. The van der Waals surface area contributed by atoms with E-state index in [0.29, 0.717) is 18.7 Å². The van der Waals surface area contributed by atoms with E-state index in [2.05, 4.69) is 9.62 Å². The Balaban J connectivity index is 1.92. The van der Waals surface area contributed by atoms with Gasteiger partial charge < -0.3 is 10.6 Å². The summed E-state index contributed by atoms with van der Waals surface area (Å²) in [5.74, 6) is 0.123. The van der Waals surface area contributed by atoms with E-state index < -0.39 is 10.0 Å². The van der Waals surface area contributed by atoms with Crippen LogP contribution in [0.5, 0.6) is 0 Å². The normalized spacial score (nSPS) is 16.0. The van der Waals surface area contributed by atoms with Gasteiger partial charge in [0, 0.05) is 24.5 Å². The van der Waals surface area contributed by atoms with Crippen LogP contribution >= 0.6 is 0 Å². The van der Waals surface area contributed by atoms with Crippen molar-refractivity contribution >= 4 is 21.4 Å². The van der Waals surface area contributed by atoms with E-state index in [0.717, 1.165) is 19.5 Å². The highest BCUT2D eigenvalue weighted by Crippen LogP contribution is 2.22. The molecule has 0 unspecified atom stereocenters. The fourth-order valence-electron chi connectivity index (χ4n) is 2.56. The first-order valence-electron chi connectivity index (χ1n) is 7.66. The van der Waals surface area contributed by atoms with Gasteiger partial charge in [-0.3, -0.25) is 4.72 Å². The van der Waals surface area contributed by atoms with Gasteiger partial charge in [-0.2, -0.15) is 0 Å². The Morgan fingerprint density at radius 3 is 2.33 bits per heavy atom. The minimum absolute atomic E-state index is 0.123. The summed E-state index contributed by atoms with van der Waals surface area (Å²) in [5, 5.41) is 0. The van der Waals surface area contributed by atoms with Gasteiger partial charge in [-0.25, -0.2) is 8.42 Å². The largest absolute Gasteiger partial charge is 0.372 e. The van der Waals surface area contributed by atoms with Gasteiger partial charge in [0.05, 0.1) is 5.75 Å². The van der Waals surface area contributed by atoms with Crippen molar-refractivity contribution in [2.75, 3.05) is 35.0 Å². The van der Waals surface area contributed by atoms with Crippen molar-refractivity contribution in [3.05, 3.63) is 24.3 Å². The molecule has 0 spiro atoms. The molecule has 1 aromatic carbocycles. The lowest BCUT2D eigenvalue weighted by Crippen LogP contribution is -2.29. The van der Waals surface area contributed by atoms with Crippen molar-refractivity contribution in [2.45, 2.75) is 32.1 Å². The van der Waals surface area contributed by atoms with E-state index in [1.165, 1.54) is 24.9 Å². The summed E-state index contributed by atoms with van der Waals surface area (Å²) >= 11 is 0. The molecule has 0 aromatic heterocycles. The molecule has 1 aliphatic heterocycles. The monoisotopic (exact) mass is 311 g/mol. The summed E-state index contributed by atoms with van der Waals surface area (Å²) in [6, 6.07) is 7.65. The van der Waals surface area contributed by atoms with Gasteiger partial charge in [0.2, 0.25) is 10.0 Å². The predicted octanol–water partition coefficient (Wildman–Crippen LogP) is 2.16. The fourth-order valence-corrected chi connectivity index (χ4v) is 3.74. The van der Waals surface area contributed by atoms with Crippen LogP contribution in [0.4, 0.5) is 11.4 Å². The molecule has 3 N–H and O–H groups in total. The Morgan fingerprint density at radius 1 is 1.05 bits per heavy atom. The third-order valence-corrected chi connectivity index (χ3v) is 5.10. The van der Waals surface area contributed by atoms with Gasteiger partial charge >= 0.3 is 0 Å². The summed E-state index contributed by atoms with van der Waals surface area (Å²) in [4.78, 5) is 2.35. The van der Waals surface area contributed by atoms with Crippen molar-refractivity contribution < 1.29 is 8.42 Å². The second-order valence-corrected chi connectivity index (χ2v) is 7.35. The van der Waals surface area contributed by atoms with Crippen LogP contribution in [0.25, 0.3) is 0 Å². The van der Waals surface area contributed by atoms with E-state index in [9.17, 15) is 8.42 Å². The molecular formula is C15H25N3O2S. The summed E-state index contributed by atoms with van der Waals surface area (Å²) in [5.41, 5.74) is 7.17. The number of nitrogens with one attached hydrogen (secondary N) is 1. The van der Waals surface area contributed by atoms with Crippen LogP contribution in [-0.4, -0.2) is 33.8 Å². The van der Waals surface area contributed by atoms with E-state index in [1.54, 1.807) is 0 Å². The van der Waals surface area contributed by atoms with Gasteiger partial charge in [-0.15, -0.1) is 0 Å². The molecular weight excluding hydrogens is 286 g/mol. The van der Waals surface area contributed by atoms with Crippen LogP contribution in [-0.2, 0) is 10.0 Å². The zero-order valence-corrected chi connectivity index (χ0v) is 13.2. The number of nitrogens with two attached hydrogens (primary N) is 1. The van der Waals surface area contributed by atoms with Crippen LogP contribution in [0.1, 0.15) is 32.1 Å². The van der Waals surface area contributed by atoms with Crippen LogP contribution in [0.2, 0.25) is 0 Å². The smallest absolute Gasteiger partial charge is 0.232 e. The number of unbranched alkanes of at least 4 members (excludes halogenated alkanes) is 1. The molecule has 0 amide bonds. The number of hydrogen-bond donors (Lipinski definition) is 2. The van der Waals surface area contributed by atoms with Crippen LogP contribution < -0.4 is 15.4 Å². The molecule has 0 atom stereocenters. The molecule has 1 aliphatic rings. The van der Waals surface area contributed by atoms with Crippen molar-refractivity contribution in [2.24, 2.45) is 5.73 Å². The molecule has 1 aromatic rings. The standard InChI is InChI=1S/C15H25N3O2S/c16-10-2-5-13-21(19,20)17-14-6-8-15(9-7-14)18-11-3-1-4-12-18/h6-9,17H,1-5,10-13,16H2. The SMILES string of the molecule is NCCCCS(=O)(=O)Nc1ccc(N2CCCCC2)cc1. The molecule has 2 rings (SSSR count). The zero-order chi connectivity index (χ0) is 15.1. The predicted molar refractivity (Wildman–Crippen MR) is 88.2 cm³/mol. The number of hydrogen-bond acceptors (Lipinski definition) is 4. The molecule has 0 radical (unpaired) electrons. The van der Waals surface area contributed by atoms with Crippen LogP contribution in [0, 0.1) is 0 Å². The quantitative estimate of drug-likeness (QED) is 0.757. The van der Waals surface area contributed by atoms with Gasteiger partial charge in [0.25, 0.3) is 0 Å². The second-order valence-electron chi connectivity index (χ2n) is 5.51. The lowest BCUT2D eigenvalue weighted by atomic mass is 10.1. The summed E-state index contributed by atoms with van der Waals surface area (Å²) in [6.07, 6.45) is 5.09. The molecule has 0 saturated carbocycles. The van der Waals surface area contributed by atoms with E-state index in [1.807, 2.05) is 24.3 Å². The maximum absolute atomic E-state index is 11.9. The first kappa shape index (κ1) is 16.1. The average Bonchev–Trinajstić information content (AvgIpc) is 2.49. The van der Waals surface area contributed by atoms with Crippen molar-refractivity contribution in [1.82, 2.24) is 0 Å². The summed E-state index contributed by atoms with van der Waals surface area (Å²) in [6.45, 7) is 2.70. The number of rotatable bonds is 7. The van der Waals surface area contributed by atoms with Gasteiger partial charge in [-0.1, -0.05) is 0 Å². The van der Waals surface area contributed by atoms with Gasteiger partial charge in [0.15, 0.2) is 0 Å². The highest BCUT2D eigenvalue weighted by Gasteiger charge is 2.12. The van der Waals surface area contributed by atoms with Crippen molar-refractivity contribution in [3.63, 3.8) is 0 Å². The molecule has 5 nitrogen and oxygen atoms in total. The lowest BCUT2D eigenvalue weighted by molar-refractivity contribution is 0.578. The third-order valence-electron chi connectivity index (χ3n) is 3.73. The van der Waals surface area contributed by atoms with Gasteiger partial charge in [-0.05, 0) is 62.9 Å². The Morgan fingerprint density at radius 2 is 1.71 bits per heavy atom. The maximum atomic E-state index is 11.9. The number of benzene rings is 1. The molecule has 0 aliphatic carbocycles. The Kier molecular flexibility index (Phi) is 5.87. The Labute approximate surface area is 127 Å². The van der Waals surface area contributed by atoms with Crippen molar-refractivity contribution in [1.29, 1.82) is 0 Å². The number of sulfonamides is 1. The molecule has 21 heavy (non-hydrogen) atoms. The highest BCUT2D eigenvalue weighted by molar-refractivity contribution is 7.92. The number of nitrogens with zero attached hydrogens (tertiary/aromatic N) is 1. The topological polar surface area (TPSA) is 75.4 Å². The number of anilines is 2. The van der Waals surface area contributed by atoms with E-state index in [-0.39, 0.29) is 5.75 Å². The minimum atomic E-state index is -3.26. The maximum Gasteiger partial charge on any atom is 0.232 e. The first-order valence-corrected chi connectivity index (χ1v) is 9.31. The fraction of sp³-hybridized carbons (Fsp3) is 0.600. The van der Waals surface area contributed by atoms with Crippen molar-refractivity contribution in [3.8, 4) is 0 Å². The average molecular weight is 311 g/mol. The van der Waals surface area contributed by atoms with Crippen LogP contribution in [0.15, 0.2) is 24.3 Å². The molecule has 1 fully saturated rings.